The van der Waals surface area contributed by atoms with Crippen LogP contribution in [-0.4, -0.2) is 28.9 Å². The molecule has 1 amide bonds. The molecule has 1 aromatic carbocycles. The van der Waals surface area contributed by atoms with Gasteiger partial charge >= 0.3 is 0 Å². The summed E-state index contributed by atoms with van der Waals surface area (Å²) in [5, 5.41) is 1.40. The topological polar surface area (TPSA) is 33.2 Å². The van der Waals surface area contributed by atoms with Gasteiger partial charge < -0.3 is 4.90 Å². The molecule has 0 N–H and O–H groups in total. The number of amides is 1. The van der Waals surface area contributed by atoms with Crippen molar-refractivity contribution in [2.45, 2.75) is 13.8 Å². The number of benzene rings is 1. The van der Waals surface area contributed by atoms with E-state index in [0.717, 1.165) is 16.5 Å². The van der Waals surface area contributed by atoms with Crippen LogP contribution in [0.15, 0.2) is 42.5 Å². The second kappa shape index (κ2) is 6.06. The Morgan fingerprint density at radius 3 is 2.75 bits per heavy atom. The Morgan fingerprint density at radius 1 is 1.40 bits per heavy atom. The van der Waals surface area contributed by atoms with Gasteiger partial charge in [-0.1, -0.05) is 42.0 Å². The molecule has 0 saturated carbocycles. The van der Waals surface area contributed by atoms with E-state index in [-0.39, 0.29) is 5.91 Å². The second-order valence-corrected chi connectivity index (χ2v) is 5.19. The molecule has 1 aromatic heterocycles. The third-order valence-corrected chi connectivity index (χ3v) is 3.33. The summed E-state index contributed by atoms with van der Waals surface area (Å²) in [6.07, 6.45) is 0. The molecule has 3 nitrogen and oxygen atoms in total. The first kappa shape index (κ1) is 14.5. The highest BCUT2D eigenvalue weighted by Crippen LogP contribution is 2.23. The molecule has 0 unspecified atom stereocenters. The predicted molar refractivity (Wildman–Crippen MR) is 83.1 cm³/mol. The fourth-order valence-electron chi connectivity index (χ4n) is 2.06. The Bertz CT molecular complexity index is 667. The number of carbonyl (C=O) groups is 1. The lowest BCUT2D eigenvalue weighted by atomic mass is 10.2. The largest absolute Gasteiger partial charge is 0.334 e. The molecular formula is C16H17ClN2O. The van der Waals surface area contributed by atoms with Gasteiger partial charge in [-0.15, -0.1) is 0 Å². The first-order chi connectivity index (χ1) is 9.52. The molecule has 0 radical (unpaired) electrons. The lowest BCUT2D eigenvalue weighted by Crippen LogP contribution is -2.32. The zero-order valence-corrected chi connectivity index (χ0v) is 12.4. The summed E-state index contributed by atoms with van der Waals surface area (Å²) in [7, 11) is 0. The number of pyridine rings is 1. The van der Waals surface area contributed by atoms with Gasteiger partial charge in [0.15, 0.2) is 0 Å². The van der Waals surface area contributed by atoms with Gasteiger partial charge in [0, 0.05) is 18.5 Å². The average molecular weight is 289 g/mol. The smallest absolute Gasteiger partial charge is 0.272 e. The number of hydrogen-bond donors (Lipinski definition) is 0. The minimum absolute atomic E-state index is 0.122. The van der Waals surface area contributed by atoms with Crippen molar-refractivity contribution >= 4 is 28.4 Å². The van der Waals surface area contributed by atoms with Gasteiger partial charge in [-0.25, -0.2) is 4.98 Å². The maximum absolute atomic E-state index is 12.5. The van der Waals surface area contributed by atoms with Gasteiger partial charge in [-0.2, -0.15) is 0 Å². The third kappa shape index (κ3) is 2.99. The van der Waals surface area contributed by atoms with Crippen molar-refractivity contribution in [2.24, 2.45) is 0 Å². The fourth-order valence-corrected chi connectivity index (χ4v) is 2.32. The molecule has 0 aliphatic heterocycles. The van der Waals surface area contributed by atoms with E-state index in [1.165, 1.54) is 0 Å². The van der Waals surface area contributed by atoms with E-state index in [4.69, 9.17) is 11.6 Å². The molecule has 0 bridgehead atoms. The summed E-state index contributed by atoms with van der Waals surface area (Å²) < 4.78 is 0. The number of aromatic nitrogens is 1. The molecule has 0 atom stereocenters. The highest BCUT2D eigenvalue weighted by molar-refractivity contribution is 6.35. The number of fused-ring (bicyclic) bond motifs is 1. The van der Waals surface area contributed by atoms with Crippen molar-refractivity contribution < 1.29 is 4.79 Å². The van der Waals surface area contributed by atoms with E-state index >= 15 is 0 Å². The van der Waals surface area contributed by atoms with Gasteiger partial charge in [0.25, 0.3) is 5.91 Å². The van der Waals surface area contributed by atoms with E-state index < -0.39 is 0 Å². The van der Waals surface area contributed by atoms with E-state index in [0.29, 0.717) is 23.8 Å². The second-order valence-electron chi connectivity index (χ2n) is 4.78. The number of likely N-dealkylation sites (N-methyl/N-ethyl adjacent to an activating group) is 1. The fraction of sp³-hybridized carbons (Fsp3) is 0.250. The van der Waals surface area contributed by atoms with Crippen molar-refractivity contribution in [3.63, 3.8) is 0 Å². The predicted octanol–water partition coefficient (Wildman–Crippen LogP) is 3.93. The zero-order valence-electron chi connectivity index (χ0n) is 11.7. The van der Waals surface area contributed by atoms with Crippen LogP contribution in [0.3, 0.4) is 0 Å². The van der Waals surface area contributed by atoms with Crippen molar-refractivity contribution in [3.8, 4) is 0 Å². The van der Waals surface area contributed by atoms with Crippen molar-refractivity contribution in [1.82, 2.24) is 9.88 Å². The maximum Gasteiger partial charge on any atom is 0.272 e. The molecule has 0 spiro atoms. The van der Waals surface area contributed by atoms with Crippen LogP contribution < -0.4 is 0 Å². The van der Waals surface area contributed by atoms with Crippen molar-refractivity contribution in [3.05, 3.63) is 53.2 Å². The first-order valence-electron chi connectivity index (χ1n) is 6.52. The summed E-state index contributed by atoms with van der Waals surface area (Å²) in [5.74, 6) is -0.122. The van der Waals surface area contributed by atoms with Crippen LogP contribution in [0.1, 0.15) is 24.3 Å². The van der Waals surface area contributed by atoms with Crippen molar-refractivity contribution in [2.75, 3.05) is 13.1 Å². The average Bonchev–Trinajstić information content (AvgIpc) is 2.43. The number of hydrogen-bond acceptors (Lipinski definition) is 2. The Kier molecular flexibility index (Phi) is 4.40. The molecule has 0 aliphatic rings. The number of rotatable bonds is 4. The Labute approximate surface area is 123 Å². The Balaban J connectivity index is 2.41. The molecule has 104 valence electrons. The summed E-state index contributed by atoms with van der Waals surface area (Å²) in [5.41, 5.74) is 2.04. The molecule has 0 saturated heterocycles. The van der Waals surface area contributed by atoms with Gasteiger partial charge in [0.2, 0.25) is 0 Å². The highest BCUT2D eigenvalue weighted by Gasteiger charge is 2.17. The monoisotopic (exact) mass is 288 g/mol. The van der Waals surface area contributed by atoms with Gasteiger partial charge in [-0.05, 0) is 26.0 Å². The number of para-hydroxylation sites is 1. The molecule has 4 heteroatoms. The van der Waals surface area contributed by atoms with E-state index in [1.807, 2.05) is 38.1 Å². The van der Waals surface area contributed by atoms with Crippen LogP contribution in [-0.2, 0) is 0 Å². The number of nitrogens with zero attached hydrogens (tertiary/aromatic N) is 2. The minimum atomic E-state index is -0.122. The van der Waals surface area contributed by atoms with E-state index in [2.05, 4.69) is 11.6 Å². The SMILES string of the molecule is C=C(C)CN(CC)C(=O)c1cc(Cl)c2ccccc2n1. The van der Waals surface area contributed by atoms with Crippen LogP contribution in [0.5, 0.6) is 0 Å². The summed E-state index contributed by atoms with van der Waals surface area (Å²) in [6.45, 7) is 8.82. The highest BCUT2D eigenvalue weighted by atomic mass is 35.5. The van der Waals surface area contributed by atoms with Gasteiger partial charge in [-0.3, -0.25) is 4.79 Å². The Hall–Kier alpha value is -1.87. The normalized spacial score (nSPS) is 10.6. The number of carbonyl (C=O) groups excluding carboxylic acids is 1. The van der Waals surface area contributed by atoms with Crippen LogP contribution in [0, 0.1) is 0 Å². The summed E-state index contributed by atoms with van der Waals surface area (Å²) in [6, 6.07) is 9.16. The third-order valence-electron chi connectivity index (χ3n) is 3.01. The number of halogens is 1. The molecule has 2 rings (SSSR count). The van der Waals surface area contributed by atoms with Crippen LogP contribution in [0.2, 0.25) is 5.02 Å². The van der Waals surface area contributed by atoms with Gasteiger partial charge in [0.1, 0.15) is 5.69 Å². The zero-order chi connectivity index (χ0) is 14.7. The molecule has 0 aliphatic carbocycles. The molecule has 2 aromatic rings. The lowest BCUT2D eigenvalue weighted by molar-refractivity contribution is 0.0773. The van der Waals surface area contributed by atoms with Crippen LogP contribution in [0.4, 0.5) is 0 Å². The minimum Gasteiger partial charge on any atom is -0.334 e. The standard InChI is InChI=1S/C16H17ClN2O/c1-4-19(10-11(2)3)16(20)15-9-13(17)12-7-5-6-8-14(12)18-15/h5-9H,2,4,10H2,1,3H3. The summed E-state index contributed by atoms with van der Waals surface area (Å²) >= 11 is 6.23. The molecule has 1 heterocycles. The quantitative estimate of drug-likeness (QED) is 0.799. The molecule has 0 fully saturated rings. The maximum atomic E-state index is 12.5. The Morgan fingerprint density at radius 2 is 2.10 bits per heavy atom. The molecular weight excluding hydrogens is 272 g/mol. The summed E-state index contributed by atoms with van der Waals surface area (Å²) in [4.78, 5) is 18.6. The lowest BCUT2D eigenvalue weighted by Gasteiger charge is -2.20. The molecule has 20 heavy (non-hydrogen) atoms. The first-order valence-corrected chi connectivity index (χ1v) is 6.89. The van der Waals surface area contributed by atoms with Gasteiger partial charge in [0.05, 0.1) is 10.5 Å². The van der Waals surface area contributed by atoms with E-state index in [9.17, 15) is 4.79 Å². The van der Waals surface area contributed by atoms with E-state index in [1.54, 1.807) is 11.0 Å². The van der Waals surface area contributed by atoms with Crippen molar-refractivity contribution in [1.29, 1.82) is 0 Å². The van der Waals surface area contributed by atoms with Crippen LogP contribution in [0.25, 0.3) is 10.9 Å². The van der Waals surface area contributed by atoms with Crippen LogP contribution >= 0.6 is 11.6 Å².